The quantitative estimate of drug-likeness (QED) is 0.318. The van der Waals surface area contributed by atoms with E-state index >= 15 is 0 Å². The van der Waals surface area contributed by atoms with Crippen molar-refractivity contribution >= 4 is 29.5 Å². The molecule has 112 valence electrons. The molecule has 0 aliphatic rings. The molecular formula is C15H25N3S2. The first-order valence-electron chi connectivity index (χ1n) is 7.05. The predicted molar refractivity (Wildman–Crippen MR) is 94.1 cm³/mol. The van der Waals surface area contributed by atoms with E-state index in [-0.39, 0.29) is 0 Å². The summed E-state index contributed by atoms with van der Waals surface area (Å²) in [6, 6.07) is 10.5. The Labute approximate surface area is 131 Å². The fourth-order valence-corrected chi connectivity index (χ4v) is 2.80. The van der Waals surface area contributed by atoms with Crippen molar-refractivity contribution in [3.63, 3.8) is 0 Å². The molecule has 0 bridgehead atoms. The number of nitrogens with one attached hydrogen (secondary N) is 2. The van der Waals surface area contributed by atoms with Crippen LogP contribution in [0.5, 0.6) is 0 Å². The van der Waals surface area contributed by atoms with Crippen molar-refractivity contribution in [2.75, 3.05) is 37.4 Å². The van der Waals surface area contributed by atoms with Crippen LogP contribution in [0.15, 0.2) is 40.2 Å². The van der Waals surface area contributed by atoms with E-state index in [1.54, 1.807) is 0 Å². The highest BCUT2D eigenvalue weighted by Gasteiger charge is 1.97. The Morgan fingerprint density at radius 2 is 1.95 bits per heavy atom. The second-order valence-corrected chi connectivity index (χ2v) is 6.35. The molecule has 0 saturated carbocycles. The van der Waals surface area contributed by atoms with Crippen molar-refractivity contribution < 1.29 is 0 Å². The van der Waals surface area contributed by atoms with Crippen LogP contribution < -0.4 is 10.6 Å². The molecular weight excluding hydrogens is 286 g/mol. The third kappa shape index (κ3) is 8.38. The summed E-state index contributed by atoms with van der Waals surface area (Å²) >= 11 is 3.74. The van der Waals surface area contributed by atoms with Gasteiger partial charge in [0.25, 0.3) is 0 Å². The summed E-state index contributed by atoms with van der Waals surface area (Å²) in [6.07, 6.45) is 3.27. The van der Waals surface area contributed by atoms with Gasteiger partial charge in [-0.1, -0.05) is 18.2 Å². The molecule has 5 heteroatoms. The van der Waals surface area contributed by atoms with Crippen molar-refractivity contribution in [1.29, 1.82) is 0 Å². The first-order chi connectivity index (χ1) is 9.86. The van der Waals surface area contributed by atoms with Gasteiger partial charge in [0.2, 0.25) is 0 Å². The number of benzene rings is 1. The highest BCUT2D eigenvalue weighted by Crippen LogP contribution is 2.15. The normalized spacial score (nSPS) is 11.4. The maximum Gasteiger partial charge on any atom is 0.191 e. The summed E-state index contributed by atoms with van der Waals surface area (Å²) in [5.41, 5.74) is 0. The number of aliphatic imine (C=N–C) groups is 1. The lowest BCUT2D eigenvalue weighted by Gasteiger charge is -2.11. The van der Waals surface area contributed by atoms with Crippen LogP contribution in [-0.2, 0) is 0 Å². The molecule has 0 heterocycles. The summed E-state index contributed by atoms with van der Waals surface area (Å²) < 4.78 is 0. The van der Waals surface area contributed by atoms with E-state index in [2.05, 4.69) is 53.1 Å². The van der Waals surface area contributed by atoms with Crippen LogP contribution in [0.3, 0.4) is 0 Å². The van der Waals surface area contributed by atoms with E-state index in [4.69, 9.17) is 0 Å². The summed E-state index contributed by atoms with van der Waals surface area (Å²) in [6.45, 7) is 4.81. The molecule has 0 radical (unpaired) electrons. The molecule has 3 nitrogen and oxygen atoms in total. The largest absolute Gasteiger partial charge is 0.357 e. The number of nitrogens with zero attached hydrogens (tertiary/aromatic N) is 1. The van der Waals surface area contributed by atoms with Crippen LogP contribution in [0.25, 0.3) is 0 Å². The van der Waals surface area contributed by atoms with Gasteiger partial charge in [0.1, 0.15) is 0 Å². The lowest BCUT2D eigenvalue weighted by Crippen LogP contribution is -2.38. The highest BCUT2D eigenvalue weighted by atomic mass is 32.2. The fourth-order valence-electron chi connectivity index (χ4n) is 1.60. The van der Waals surface area contributed by atoms with Crippen LogP contribution in [0.2, 0.25) is 0 Å². The first kappa shape index (κ1) is 17.2. The number of rotatable bonds is 9. The summed E-state index contributed by atoms with van der Waals surface area (Å²) in [4.78, 5) is 5.88. The van der Waals surface area contributed by atoms with Crippen molar-refractivity contribution in [3.05, 3.63) is 30.3 Å². The molecule has 0 fully saturated rings. The number of thioether (sulfide) groups is 2. The second kappa shape index (κ2) is 12.0. The zero-order valence-corrected chi connectivity index (χ0v) is 14.0. The van der Waals surface area contributed by atoms with Crippen LogP contribution in [-0.4, -0.2) is 43.4 Å². The van der Waals surface area contributed by atoms with Gasteiger partial charge in [0.15, 0.2) is 5.96 Å². The smallest absolute Gasteiger partial charge is 0.191 e. The van der Waals surface area contributed by atoms with E-state index in [0.29, 0.717) is 0 Å². The Kier molecular flexibility index (Phi) is 10.3. The van der Waals surface area contributed by atoms with E-state index < -0.39 is 0 Å². The third-order valence-electron chi connectivity index (χ3n) is 2.53. The maximum atomic E-state index is 4.57. The molecule has 1 aromatic carbocycles. The van der Waals surface area contributed by atoms with Crippen molar-refractivity contribution in [2.45, 2.75) is 18.2 Å². The Bertz CT molecular complexity index is 369. The zero-order valence-electron chi connectivity index (χ0n) is 12.4. The maximum absolute atomic E-state index is 4.57. The lowest BCUT2D eigenvalue weighted by molar-refractivity contribution is 0.832. The van der Waals surface area contributed by atoms with Gasteiger partial charge in [-0.05, 0) is 37.5 Å². The van der Waals surface area contributed by atoms with E-state index in [9.17, 15) is 0 Å². The predicted octanol–water partition coefficient (Wildman–Crippen LogP) is 3.09. The summed E-state index contributed by atoms with van der Waals surface area (Å²) in [5, 5.41) is 6.66. The van der Waals surface area contributed by atoms with Crippen molar-refractivity contribution in [3.8, 4) is 0 Å². The van der Waals surface area contributed by atoms with Gasteiger partial charge in [-0.25, -0.2) is 0 Å². The minimum absolute atomic E-state index is 0.891. The van der Waals surface area contributed by atoms with Gasteiger partial charge in [-0.15, -0.1) is 11.8 Å². The van der Waals surface area contributed by atoms with E-state index in [0.717, 1.165) is 37.8 Å². The monoisotopic (exact) mass is 311 g/mol. The average molecular weight is 312 g/mol. The molecule has 0 saturated heterocycles. The third-order valence-corrected chi connectivity index (χ3v) is 4.24. The molecule has 1 aromatic rings. The van der Waals surface area contributed by atoms with Gasteiger partial charge in [0.05, 0.1) is 0 Å². The summed E-state index contributed by atoms with van der Waals surface area (Å²) in [5.74, 6) is 3.15. The standard InChI is InChI=1S/C15H25N3S2/c1-3-16-15(17-10-7-12-19-2)18-11-13-20-14-8-5-4-6-9-14/h4-6,8-9H,3,7,10-13H2,1-2H3,(H2,16,17,18). The first-order valence-corrected chi connectivity index (χ1v) is 9.43. The molecule has 0 spiro atoms. The van der Waals surface area contributed by atoms with Gasteiger partial charge >= 0.3 is 0 Å². The Morgan fingerprint density at radius 3 is 2.65 bits per heavy atom. The SMILES string of the molecule is CCNC(=NCCCSC)NCCSc1ccccc1. The molecule has 20 heavy (non-hydrogen) atoms. The molecule has 0 aliphatic heterocycles. The van der Waals surface area contributed by atoms with Gasteiger partial charge in [-0.2, -0.15) is 11.8 Å². The zero-order chi connectivity index (χ0) is 14.5. The van der Waals surface area contributed by atoms with Gasteiger partial charge in [-0.3, -0.25) is 4.99 Å². The highest BCUT2D eigenvalue weighted by molar-refractivity contribution is 7.99. The van der Waals surface area contributed by atoms with Crippen molar-refractivity contribution in [1.82, 2.24) is 10.6 Å². The van der Waals surface area contributed by atoms with E-state index in [1.807, 2.05) is 29.6 Å². The fraction of sp³-hybridized carbons (Fsp3) is 0.533. The average Bonchev–Trinajstić information content (AvgIpc) is 2.49. The molecule has 0 atom stereocenters. The summed E-state index contributed by atoms with van der Waals surface area (Å²) in [7, 11) is 0. The topological polar surface area (TPSA) is 36.4 Å². The Balaban J connectivity index is 2.21. The molecule has 2 N–H and O–H groups in total. The Morgan fingerprint density at radius 1 is 1.15 bits per heavy atom. The Hall–Kier alpha value is -0.810. The van der Waals surface area contributed by atoms with Gasteiger partial charge in [0, 0.05) is 30.3 Å². The molecule has 0 aromatic heterocycles. The van der Waals surface area contributed by atoms with E-state index in [1.165, 1.54) is 10.6 Å². The lowest BCUT2D eigenvalue weighted by atomic mass is 10.4. The van der Waals surface area contributed by atoms with Crippen LogP contribution in [0.1, 0.15) is 13.3 Å². The van der Waals surface area contributed by atoms with Gasteiger partial charge < -0.3 is 10.6 Å². The molecule has 0 amide bonds. The minimum Gasteiger partial charge on any atom is -0.357 e. The van der Waals surface area contributed by atoms with Crippen LogP contribution >= 0.6 is 23.5 Å². The molecule has 0 aliphatic carbocycles. The van der Waals surface area contributed by atoms with Crippen molar-refractivity contribution in [2.24, 2.45) is 4.99 Å². The number of hydrogen-bond acceptors (Lipinski definition) is 3. The van der Waals surface area contributed by atoms with Crippen LogP contribution in [0.4, 0.5) is 0 Å². The minimum atomic E-state index is 0.891. The number of hydrogen-bond donors (Lipinski definition) is 2. The second-order valence-electron chi connectivity index (χ2n) is 4.20. The molecule has 1 rings (SSSR count). The number of guanidine groups is 1. The molecule has 0 unspecified atom stereocenters. The van der Waals surface area contributed by atoms with Crippen LogP contribution in [0, 0.1) is 0 Å².